The number of carbonyl (C=O) groups is 3. The third-order valence-corrected chi connectivity index (χ3v) is 7.35. The number of hydrogen-bond donors (Lipinski definition) is 2. The number of esters is 1. The van der Waals surface area contributed by atoms with Gasteiger partial charge in [0.25, 0.3) is 0 Å². The van der Waals surface area contributed by atoms with Gasteiger partial charge in [-0.25, -0.2) is 0 Å². The molecule has 0 aliphatic carbocycles. The molecule has 1 rings (SSSR count). The molecule has 0 saturated carbocycles. The lowest BCUT2D eigenvalue weighted by atomic mass is 9.85. The van der Waals surface area contributed by atoms with E-state index in [0.29, 0.717) is 13.0 Å². The molecule has 0 bridgehead atoms. The molecule has 1 saturated heterocycles. The Labute approximate surface area is 250 Å². The molecule has 2 N–H and O–H groups in total. The van der Waals surface area contributed by atoms with E-state index < -0.39 is 29.4 Å². The van der Waals surface area contributed by atoms with Crippen LogP contribution in [0.3, 0.4) is 0 Å². The van der Waals surface area contributed by atoms with Gasteiger partial charge in [0, 0.05) is 18.4 Å². The fraction of sp³-hybridized carbons (Fsp3) is 0.848. The number of rotatable bonds is 22. The summed E-state index contributed by atoms with van der Waals surface area (Å²) in [7, 11) is 0. The molecule has 2 unspecified atom stereocenters. The number of allylic oxidation sites excluding steroid dienone is 2. The quantitative estimate of drug-likeness (QED) is 0.0834. The van der Waals surface area contributed by atoms with Gasteiger partial charge in [0.05, 0.1) is 19.6 Å². The van der Waals surface area contributed by atoms with Crippen LogP contribution < -0.4 is 10.6 Å². The topological polar surface area (TPSA) is 103 Å². The van der Waals surface area contributed by atoms with E-state index in [0.717, 1.165) is 25.7 Å². The molecule has 8 heteroatoms. The van der Waals surface area contributed by atoms with E-state index in [-0.39, 0.29) is 31.3 Å². The third kappa shape index (κ3) is 18.3. The maximum atomic E-state index is 12.6. The van der Waals surface area contributed by atoms with E-state index in [2.05, 4.69) is 29.7 Å². The fourth-order valence-corrected chi connectivity index (χ4v) is 4.73. The van der Waals surface area contributed by atoms with Crippen LogP contribution in [0, 0.1) is 5.41 Å². The van der Waals surface area contributed by atoms with Crippen molar-refractivity contribution in [2.75, 3.05) is 19.7 Å². The Bertz CT molecular complexity index is 780. The first-order valence-electron chi connectivity index (χ1n) is 16.2. The van der Waals surface area contributed by atoms with Gasteiger partial charge in [-0.15, -0.1) is 0 Å². The Morgan fingerprint density at radius 3 is 2.07 bits per heavy atom. The van der Waals surface area contributed by atoms with Crippen molar-refractivity contribution in [2.45, 2.75) is 156 Å². The van der Waals surface area contributed by atoms with Crippen molar-refractivity contribution in [3.63, 3.8) is 0 Å². The lowest BCUT2D eigenvalue weighted by Gasteiger charge is -2.44. The molecule has 1 aliphatic rings. The van der Waals surface area contributed by atoms with Crippen LogP contribution in [0.15, 0.2) is 12.2 Å². The molecule has 0 aromatic rings. The summed E-state index contributed by atoms with van der Waals surface area (Å²) >= 11 is 0. The van der Waals surface area contributed by atoms with Gasteiger partial charge in [-0.3, -0.25) is 14.4 Å². The largest absolute Gasteiger partial charge is 0.461 e. The summed E-state index contributed by atoms with van der Waals surface area (Å²) in [4.78, 5) is 36.9. The van der Waals surface area contributed by atoms with Crippen LogP contribution >= 0.6 is 0 Å². The molecule has 0 spiro atoms. The molecule has 41 heavy (non-hydrogen) atoms. The van der Waals surface area contributed by atoms with Gasteiger partial charge in [0.1, 0.15) is 12.2 Å². The van der Waals surface area contributed by atoms with Gasteiger partial charge < -0.3 is 24.8 Å². The van der Waals surface area contributed by atoms with Crippen molar-refractivity contribution >= 4 is 17.8 Å². The molecule has 0 radical (unpaired) electrons. The lowest BCUT2D eigenvalue weighted by Crippen LogP contribution is -2.56. The van der Waals surface area contributed by atoms with Crippen molar-refractivity contribution in [3.05, 3.63) is 12.2 Å². The van der Waals surface area contributed by atoms with Gasteiger partial charge in [0.15, 0.2) is 5.79 Å². The Balaban J connectivity index is 2.02. The van der Waals surface area contributed by atoms with Crippen molar-refractivity contribution < 1.29 is 28.6 Å². The smallest absolute Gasteiger partial charge is 0.307 e. The third-order valence-electron chi connectivity index (χ3n) is 7.35. The Morgan fingerprint density at radius 1 is 0.854 bits per heavy atom. The van der Waals surface area contributed by atoms with Crippen LogP contribution in [0.25, 0.3) is 0 Å². The number of amides is 2. The van der Waals surface area contributed by atoms with Gasteiger partial charge in [-0.1, -0.05) is 84.3 Å². The summed E-state index contributed by atoms with van der Waals surface area (Å²) < 4.78 is 16.8. The highest BCUT2D eigenvalue weighted by atomic mass is 16.7. The van der Waals surface area contributed by atoms with E-state index in [1.54, 1.807) is 20.8 Å². The van der Waals surface area contributed by atoms with Gasteiger partial charge in [-0.2, -0.15) is 0 Å². The molecular weight excluding hydrogens is 520 g/mol. The summed E-state index contributed by atoms with van der Waals surface area (Å²) in [6.07, 6.45) is 20.1. The van der Waals surface area contributed by atoms with Crippen LogP contribution in [0.1, 0.15) is 138 Å². The number of nitrogens with one attached hydrogen (secondary N) is 2. The highest BCUT2D eigenvalue weighted by molar-refractivity contribution is 5.82. The second-order valence-corrected chi connectivity index (χ2v) is 12.7. The first-order valence-corrected chi connectivity index (χ1v) is 16.2. The molecule has 2 amide bonds. The normalized spacial score (nSPS) is 18.6. The molecule has 1 fully saturated rings. The Hall–Kier alpha value is -1.93. The molecule has 0 aromatic heterocycles. The highest BCUT2D eigenvalue weighted by Gasteiger charge is 2.45. The first-order chi connectivity index (χ1) is 19.5. The Morgan fingerprint density at radius 2 is 1.44 bits per heavy atom. The molecule has 1 aliphatic heterocycles. The van der Waals surface area contributed by atoms with E-state index in [1.807, 2.05) is 13.8 Å². The predicted molar refractivity (Wildman–Crippen MR) is 164 cm³/mol. The fourth-order valence-electron chi connectivity index (χ4n) is 4.73. The summed E-state index contributed by atoms with van der Waals surface area (Å²) in [6.45, 7) is 12.2. The van der Waals surface area contributed by atoms with Crippen molar-refractivity contribution in [2.24, 2.45) is 5.41 Å². The maximum absolute atomic E-state index is 12.6. The zero-order chi connectivity index (χ0) is 30.6. The van der Waals surface area contributed by atoms with Crippen molar-refractivity contribution in [3.8, 4) is 0 Å². The van der Waals surface area contributed by atoms with Crippen molar-refractivity contribution in [1.82, 2.24) is 10.6 Å². The second kappa shape index (κ2) is 20.9. The first kappa shape index (κ1) is 37.1. The van der Waals surface area contributed by atoms with Gasteiger partial charge >= 0.3 is 5.97 Å². The van der Waals surface area contributed by atoms with Crippen LogP contribution in [0.2, 0.25) is 0 Å². The maximum Gasteiger partial charge on any atom is 0.307 e. The van der Waals surface area contributed by atoms with Crippen LogP contribution in [-0.4, -0.2) is 55.5 Å². The molecule has 2 atom stereocenters. The predicted octanol–water partition coefficient (Wildman–Crippen LogP) is 6.76. The van der Waals surface area contributed by atoms with E-state index in [1.165, 1.54) is 57.8 Å². The zero-order valence-electron chi connectivity index (χ0n) is 27.0. The number of hydrogen-bond acceptors (Lipinski definition) is 6. The minimum atomic E-state index is -0.833. The number of carbonyl (C=O) groups excluding carboxylic acids is 3. The van der Waals surface area contributed by atoms with Crippen LogP contribution in [0.5, 0.6) is 0 Å². The second-order valence-electron chi connectivity index (χ2n) is 12.7. The number of ether oxygens (including phenoxy) is 3. The molecule has 238 valence electrons. The molecule has 1 heterocycles. The van der Waals surface area contributed by atoms with E-state index in [4.69, 9.17) is 14.2 Å². The Kier molecular flexibility index (Phi) is 18.9. The highest BCUT2D eigenvalue weighted by Crippen LogP contribution is 2.34. The zero-order valence-corrected chi connectivity index (χ0v) is 27.0. The molecular formula is C33H60N2O6. The van der Waals surface area contributed by atoms with E-state index >= 15 is 0 Å². The minimum absolute atomic E-state index is 0.0141. The van der Waals surface area contributed by atoms with Crippen LogP contribution in [0.4, 0.5) is 0 Å². The summed E-state index contributed by atoms with van der Waals surface area (Å²) in [6, 6.07) is 0. The lowest BCUT2D eigenvalue weighted by molar-refractivity contribution is -0.304. The summed E-state index contributed by atoms with van der Waals surface area (Å²) in [5.74, 6) is -1.54. The monoisotopic (exact) mass is 580 g/mol. The van der Waals surface area contributed by atoms with Crippen LogP contribution in [-0.2, 0) is 28.6 Å². The minimum Gasteiger partial charge on any atom is -0.461 e. The average molecular weight is 581 g/mol. The average Bonchev–Trinajstić information content (AvgIpc) is 2.91. The standard InChI is InChI=1S/C33H60N2O6/c1-7-8-9-10-11-12-13-14-15-16-17-18-19-20-21-22-28(36)35-25-27(2)40-29(37)23-24-34-31(38)30-32(3,4)26-39-33(5,6)41-30/h14-15,27,30H,7-13,16-26H2,1-6H3,(H,34,38)(H,35,36). The van der Waals surface area contributed by atoms with E-state index in [9.17, 15) is 14.4 Å². The molecule has 0 aromatic carbocycles. The summed E-state index contributed by atoms with van der Waals surface area (Å²) in [5.41, 5.74) is -0.475. The number of unbranched alkanes of at least 4 members (excludes halogenated alkanes) is 11. The van der Waals surface area contributed by atoms with Gasteiger partial charge in [0.2, 0.25) is 11.8 Å². The van der Waals surface area contributed by atoms with Gasteiger partial charge in [-0.05, 0) is 52.9 Å². The molecule has 8 nitrogen and oxygen atoms in total. The summed E-state index contributed by atoms with van der Waals surface area (Å²) in [5, 5.41) is 5.62. The van der Waals surface area contributed by atoms with Crippen molar-refractivity contribution in [1.29, 1.82) is 0 Å². The SMILES string of the molecule is CCCCCCCCC=CCCCCCCCC(=O)NCC(C)OC(=O)CCNC(=O)C1OC(C)(C)OCC1(C)C.